The number of ether oxygens (including phenoxy) is 1. The lowest BCUT2D eigenvalue weighted by atomic mass is 9.84. The van der Waals surface area contributed by atoms with Crippen LogP contribution in [0.15, 0.2) is 0 Å². The highest BCUT2D eigenvalue weighted by atomic mass is 32.2. The van der Waals surface area contributed by atoms with E-state index >= 15 is 0 Å². The maximum Gasteiger partial charge on any atom is 0.408 e. The van der Waals surface area contributed by atoms with E-state index in [4.69, 9.17) is 9.84 Å². The van der Waals surface area contributed by atoms with Gasteiger partial charge in [0.25, 0.3) is 0 Å². The van der Waals surface area contributed by atoms with E-state index in [0.29, 0.717) is 0 Å². The number of aliphatic carboxylic acids is 1. The van der Waals surface area contributed by atoms with Gasteiger partial charge in [-0.2, -0.15) is 0 Å². The number of carboxylic acid groups (broad SMARTS) is 1. The van der Waals surface area contributed by atoms with E-state index in [0.717, 1.165) is 0 Å². The Morgan fingerprint density at radius 1 is 1.35 bits per heavy atom. The van der Waals surface area contributed by atoms with Gasteiger partial charge < -0.3 is 20.0 Å². The van der Waals surface area contributed by atoms with E-state index in [9.17, 15) is 22.8 Å². The first-order valence-electron chi connectivity index (χ1n) is 5.80. The summed E-state index contributed by atoms with van der Waals surface area (Å²) in [5, 5.41) is 11.1. The topological polar surface area (TPSA) is 127 Å². The fourth-order valence-corrected chi connectivity index (χ4v) is 3.98. The van der Waals surface area contributed by atoms with Crippen LogP contribution in [0.1, 0.15) is 20.8 Å². The molecule has 1 fully saturated rings. The maximum atomic E-state index is 11.6. The van der Waals surface area contributed by atoms with Gasteiger partial charge in [0.15, 0.2) is 9.84 Å². The summed E-state index contributed by atoms with van der Waals surface area (Å²) in [5.41, 5.74) is -2.48. The zero-order valence-electron chi connectivity index (χ0n) is 11.4. The largest absolute Gasteiger partial charge is 0.480 e. The van der Waals surface area contributed by atoms with Crippen LogP contribution in [0.3, 0.4) is 0 Å². The number of carboxylic acids is 1. The lowest BCUT2D eigenvalue weighted by molar-refractivity contribution is -0.144. The molecule has 0 aromatic carbocycles. The number of carbonyl (C=O) groups excluding carboxylic acids is 2. The number of hydrogen-bond acceptors (Lipinski definition) is 6. The van der Waals surface area contributed by atoms with Gasteiger partial charge in [-0.05, 0) is 20.8 Å². The molecule has 0 bridgehead atoms. The average Bonchev–Trinajstić information content (AvgIpc) is 2.19. The molecule has 20 heavy (non-hydrogen) atoms. The highest BCUT2D eigenvalue weighted by Gasteiger charge is 2.57. The van der Waals surface area contributed by atoms with Gasteiger partial charge in [0.05, 0.1) is 16.9 Å². The minimum atomic E-state index is -3.44. The second-order valence-electron chi connectivity index (χ2n) is 5.80. The molecule has 9 heteroatoms. The summed E-state index contributed by atoms with van der Waals surface area (Å²) in [5.74, 6) is -2.69. The summed E-state index contributed by atoms with van der Waals surface area (Å²) in [6, 6.07) is -1.64. The van der Waals surface area contributed by atoms with Crippen LogP contribution in [0.2, 0.25) is 0 Å². The zero-order chi connectivity index (χ0) is 15.8. The average molecular weight is 307 g/mol. The van der Waals surface area contributed by atoms with Gasteiger partial charge in [-0.1, -0.05) is 0 Å². The third kappa shape index (κ3) is 3.69. The number of alkyl carbamates (subject to hydrolysis) is 1. The Labute approximate surface area is 116 Å². The summed E-state index contributed by atoms with van der Waals surface area (Å²) in [4.78, 5) is 33.9. The second-order valence-corrected chi connectivity index (χ2v) is 7.87. The number of carbonyl (C=O) groups is 3. The molecule has 8 nitrogen and oxygen atoms in total. The highest BCUT2D eigenvalue weighted by molar-refractivity contribution is 7.93. The van der Waals surface area contributed by atoms with Crippen LogP contribution in [0, 0.1) is 5.41 Å². The van der Waals surface area contributed by atoms with Gasteiger partial charge >= 0.3 is 12.1 Å². The molecule has 0 aromatic rings. The van der Waals surface area contributed by atoms with Crippen LogP contribution in [0.5, 0.6) is 0 Å². The molecule has 114 valence electrons. The third-order valence-electron chi connectivity index (χ3n) is 2.69. The quantitative estimate of drug-likeness (QED) is 0.675. The van der Waals surface area contributed by atoms with Crippen molar-refractivity contribution in [3.8, 4) is 0 Å². The minimum absolute atomic E-state index is 0.268. The van der Waals surface area contributed by atoms with Crippen molar-refractivity contribution in [2.45, 2.75) is 32.4 Å². The lowest BCUT2D eigenvalue weighted by Gasteiger charge is -2.40. The van der Waals surface area contributed by atoms with E-state index in [2.05, 4.69) is 0 Å². The van der Waals surface area contributed by atoms with Gasteiger partial charge in [0, 0.05) is 0 Å². The second kappa shape index (κ2) is 5.04. The Hall–Kier alpha value is -1.64. The standard InChI is InChI=1S/C11H17NO7S/c1-10(2,3)19-9(16)12-7(8(14)15)11(4-13)5-20(17,18)6-11/h4,7H,5-6H2,1-3H3,(H,12,16)(H,14,15)/t7-/m1/s1. The van der Waals surface area contributed by atoms with Crippen LogP contribution in [0.25, 0.3) is 0 Å². The van der Waals surface area contributed by atoms with Gasteiger partial charge in [0.2, 0.25) is 0 Å². The van der Waals surface area contributed by atoms with Crippen molar-refractivity contribution in [2.75, 3.05) is 11.5 Å². The molecule has 1 rings (SSSR count). The molecular formula is C11H17NO7S. The van der Waals surface area contributed by atoms with Crippen LogP contribution in [0.4, 0.5) is 4.79 Å². The van der Waals surface area contributed by atoms with Crippen LogP contribution < -0.4 is 5.32 Å². The predicted octanol–water partition coefficient (Wildman–Crippen LogP) is -0.422. The summed E-state index contributed by atoms with van der Waals surface area (Å²) in [6.07, 6.45) is -0.750. The molecule has 0 unspecified atom stereocenters. The SMILES string of the molecule is CC(C)(C)OC(=O)N[C@H](C(=O)O)C1(C=O)CS(=O)(=O)C1. The highest BCUT2D eigenvalue weighted by Crippen LogP contribution is 2.34. The first kappa shape index (κ1) is 16.4. The van der Waals surface area contributed by atoms with Crippen molar-refractivity contribution in [3.63, 3.8) is 0 Å². The summed E-state index contributed by atoms with van der Waals surface area (Å²) in [6.45, 7) is 4.77. The van der Waals surface area contributed by atoms with E-state index in [1.54, 1.807) is 20.8 Å². The molecule has 0 aromatic heterocycles. The first-order chi connectivity index (χ1) is 8.91. The normalized spacial score (nSPS) is 21.1. The summed E-state index contributed by atoms with van der Waals surface area (Å²) in [7, 11) is -3.44. The Bertz CT molecular complexity index is 519. The predicted molar refractivity (Wildman–Crippen MR) is 67.9 cm³/mol. The van der Waals surface area contributed by atoms with E-state index < -0.39 is 50.5 Å². The van der Waals surface area contributed by atoms with Crippen molar-refractivity contribution in [2.24, 2.45) is 5.41 Å². The van der Waals surface area contributed by atoms with Gasteiger partial charge in [0.1, 0.15) is 17.9 Å². The molecule has 1 saturated heterocycles. The van der Waals surface area contributed by atoms with Crippen molar-refractivity contribution in [1.29, 1.82) is 0 Å². The Morgan fingerprint density at radius 3 is 2.15 bits per heavy atom. The van der Waals surface area contributed by atoms with E-state index in [-0.39, 0.29) is 6.29 Å². The summed E-state index contributed by atoms with van der Waals surface area (Å²) >= 11 is 0. The van der Waals surface area contributed by atoms with Crippen LogP contribution in [-0.2, 0) is 24.2 Å². The number of sulfone groups is 1. The monoisotopic (exact) mass is 307 g/mol. The van der Waals surface area contributed by atoms with Crippen LogP contribution >= 0.6 is 0 Å². The number of aldehydes is 1. The first-order valence-corrected chi connectivity index (χ1v) is 7.62. The minimum Gasteiger partial charge on any atom is -0.480 e. The summed E-state index contributed by atoms with van der Waals surface area (Å²) < 4.78 is 27.3. The molecule has 0 saturated carbocycles. The molecule has 0 radical (unpaired) electrons. The Kier molecular flexibility index (Phi) is 4.14. The molecule has 0 aliphatic carbocycles. The van der Waals surface area contributed by atoms with Crippen molar-refractivity contribution < 1.29 is 32.6 Å². The molecule has 1 aliphatic rings. The molecule has 1 atom stereocenters. The number of amides is 1. The molecule has 2 N–H and O–H groups in total. The number of nitrogens with one attached hydrogen (secondary N) is 1. The fraction of sp³-hybridized carbons (Fsp3) is 0.727. The smallest absolute Gasteiger partial charge is 0.408 e. The van der Waals surface area contributed by atoms with Gasteiger partial charge in [-0.25, -0.2) is 18.0 Å². The Morgan fingerprint density at radius 2 is 1.85 bits per heavy atom. The van der Waals surface area contributed by atoms with Crippen molar-refractivity contribution in [3.05, 3.63) is 0 Å². The van der Waals surface area contributed by atoms with Crippen LogP contribution in [-0.4, -0.2) is 55.0 Å². The molecule has 1 amide bonds. The van der Waals surface area contributed by atoms with Crippen molar-refractivity contribution >= 4 is 28.2 Å². The maximum absolute atomic E-state index is 11.6. The van der Waals surface area contributed by atoms with Gasteiger partial charge in [-0.3, -0.25) is 0 Å². The van der Waals surface area contributed by atoms with Crippen molar-refractivity contribution in [1.82, 2.24) is 5.32 Å². The molecular weight excluding hydrogens is 290 g/mol. The van der Waals surface area contributed by atoms with E-state index in [1.807, 2.05) is 5.32 Å². The lowest BCUT2D eigenvalue weighted by Crippen LogP contribution is -2.65. The molecule has 0 spiro atoms. The fourth-order valence-electron chi connectivity index (χ4n) is 1.96. The number of hydrogen-bond donors (Lipinski definition) is 2. The van der Waals surface area contributed by atoms with Gasteiger partial charge in [-0.15, -0.1) is 0 Å². The molecule has 1 heterocycles. The third-order valence-corrected chi connectivity index (χ3v) is 4.65. The zero-order valence-corrected chi connectivity index (χ0v) is 12.2. The number of rotatable bonds is 4. The molecule has 1 aliphatic heterocycles. The Balaban J connectivity index is 2.88. The van der Waals surface area contributed by atoms with E-state index in [1.165, 1.54) is 0 Å².